The minimum Gasteiger partial charge on any atom is -0.497 e. The number of ketones is 1. The van der Waals surface area contributed by atoms with Gasteiger partial charge in [0.15, 0.2) is 5.78 Å². The van der Waals surface area contributed by atoms with Crippen molar-refractivity contribution < 1.29 is 13.9 Å². The number of aromatic nitrogens is 1. The van der Waals surface area contributed by atoms with Crippen LogP contribution in [0.15, 0.2) is 40.2 Å². The van der Waals surface area contributed by atoms with Crippen molar-refractivity contribution in [1.29, 1.82) is 0 Å². The van der Waals surface area contributed by atoms with E-state index in [4.69, 9.17) is 9.15 Å². The number of rotatable bonds is 5. The average Bonchev–Trinajstić information content (AvgIpc) is 2.82. The van der Waals surface area contributed by atoms with E-state index in [2.05, 4.69) is 4.98 Å². The van der Waals surface area contributed by atoms with Gasteiger partial charge in [-0.15, -0.1) is 0 Å². The Labute approximate surface area is 109 Å². The molecule has 2 rings (SSSR count). The van der Waals surface area contributed by atoms with Crippen molar-refractivity contribution in [1.82, 2.24) is 4.98 Å². The van der Waals surface area contributed by atoms with Crippen LogP contribution in [0.5, 0.6) is 5.75 Å². The van der Waals surface area contributed by atoms with Gasteiger partial charge in [0.05, 0.1) is 18.6 Å². The number of nitrogens with zero attached hydrogens (tertiary/aromatic N) is 1. The molecule has 0 fully saturated rings. The van der Waals surface area contributed by atoms with Gasteiger partial charge < -0.3 is 9.15 Å². The van der Waals surface area contributed by atoms with E-state index in [-0.39, 0.29) is 5.78 Å². The molecule has 4 nitrogen and oxygen atoms in total. The SMILES string of the molecule is COc1cccc(C(=O)CSc2nc(C)co2)c1. The van der Waals surface area contributed by atoms with Crippen LogP contribution in [0.2, 0.25) is 0 Å². The molecule has 0 aliphatic heterocycles. The molecule has 0 unspecified atom stereocenters. The van der Waals surface area contributed by atoms with Crippen molar-refractivity contribution in [2.75, 3.05) is 12.9 Å². The Morgan fingerprint density at radius 1 is 1.50 bits per heavy atom. The van der Waals surface area contributed by atoms with Gasteiger partial charge in [-0.1, -0.05) is 23.9 Å². The van der Waals surface area contributed by atoms with Gasteiger partial charge in [0, 0.05) is 5.56 Å². The quantitative estimate of drug-likeness (QED) is 0.613. The van der Waals surface area contributed by atoms with Crippen LogP contribution in [0.4, 0.5) is 0 Å². The zero-order valence-electron chi connectivity index (χ0n) is 10.2. The number of carbonyl (C=O) groups is 1. The smallest absolute Gasteiger partial charge is 0.256 e. The third-order valence-corrected chi connectivity index (χ3v) is 3.16. The maximum atomic E-state index is 11.9. The maximum absolute atomic E-state index is 11.9. The largest absolute Gasteiger partial charge is 0.497 e. The number of carbonyl (C=O) groups excluding carboxylic acids is 1. The first-order valence-corrected chi connectivity index (χ1v) is 6.40. The monoisotopic (exact) mass is 263 g/mol. The third-order valence-electron chi connectivity index (χ3n) is 2.32. The fourth-order valence-corrected chi connectivity index (χ4v) is 2.15. The summed E-state index contributed by atoms with van der Waals surface area (Å²) in [5.41, 5.74) is 1.44. The lowest BCUT2D eigenvalue weighted by Crippen LogP contribution is -2.02. The van der Waals surface area contributed by atoms with Gasteiger partial charge in [0.1, 0.15) is 12.0 Å². The highest BCUT2D eigenvalue weighted by atomic mass is 32.2. The van der Waals surface area contributed by atoms with E-state index in [9.17, 15) is 4.79 Å². The van der Waals surface area contributed by atoms with Crippen LogP contribution in [-0.4, -0.2) is 23.6 Å². The number of thioether (sulfide) groups is 1. The first kappa shape index (κ1) is 12.7. The zero-order chi connectivity index (χ0) is 13.0. The first-order chi connectivity index (χ1) is 8.69. The van der Waals surface area contributed by atoms with E-state index in [1.807, 2.05) is 6.92 Å². The summed E-state index contributed by atoms with van der Waals surface area (Å²) in [6.07, 6.45) is 1.57. The number of hydrogen-bond acceptors (Lipinski definition) is 5. The van der Waals surface area contributed by atoms with Crippen molar-refractivity contribution >= 4 is 17.5 Å². The second kappa shape index (κ2) is 5.73. The summed E-state index contributed by atoms with van der Waals surface area (Å²) < 4.78 is 10.3. The highest BCUT2D eigenvalue weighted by Crippen LogP contribution is 2.20. The molecule has 1 aromatic heterocycles. The Morgan fingerprint density at radius 2 is 2.33 bits per heavy atom. The number of ether oxygens (including phenoxy) is 1. The number of Topliss-reactive ketones (excluding diaryl/α,β-unsaturated/α-hetero) is 1. The Balaban J connectivity index is 1.99. The second-order valence-electron chi connectivity index (χ2n) is 3.70. The number of hydrogen-bond donors (Lipinski definition) is 0. The molecular weight excluding hydrogens is 250 g/mol. The fraction of sp³-hybridized carbons (Fsp3) is 0.231. The summed E-state index contributed by atoms with van der Waals surface area (Å²) >= 11 is 1.29. The molecule has 2 aromatic rings. The molecular formula is C13H13NO3S. The van der Waals surface area contributed by atoms with Crippen molar-refractivity contribution in [2.24, 2.45) is 0 Å². The Kier molecular flexibility index (Phi) is 4.04. The molecule has 0 aliphatic carbocycles. The van der Waals surface area contributed by atoms with E-state index in [0.717, 1.165) is 5.69 Å². The molecule has 0 aliphatic rings. The number of methoxy groups -OCH3 is 1. The molecule has 0 amide bonds. The number of oxazole rings is 1. The standard InChI is InChI=1S/C13H13NO3S/c1-9-7-17-13(14-9)18-8-12(15)10-4-3-5-11(6-10)16-2/h3-7H,8H2,1-2H3. The van der Waals surface area contributed by atoms with E-state index in [1.54, 1.807) is 37.6 Å². The Morgan fingerprint density at radius 3 is 3.00 bits per heavy atom. The number of benzene rings is 1. The lowest BCUT2D eigenvalue weighted by Gasteiger charge is -2.02. The van der Waals surface area contributed by atoms with E-state index < -0.39 is 0 Å². The van der Waals surface area contributed by atoms with Crippen LogP contribution in [0.1, 0.15) is 16.1 Å². The van der Waals surface area contributed by atoms with Gasteiger partial charge in [-0.05, 0) is 19.1 Å². The first-order valence-electron chi connectivity index (χ1n) is 5.41. The zero-order valence-corrected chi connectivity index (χ0v) is 11.0. The second-order valence-corrected chi connectivity index (χ2v) is 4.63. The molecule has 0 N–H and O–H groups in total. The fourth-order valence-electron chi connectivity index (χ4n) is 1.41. The van der Waals surface area contributed by atoms with Crippen LogP contribution in [-0.2, 0) is 0 Å². The topological polar surface area (TPSA) is 52.3 Å². The predicted octanol–water partition coefficient (Wildman–Crippen LogP) is 2.97. The Hall–Kier alpha value is -1.75. The third kappa shape index (κ3) is 3.13. The van der Waals surface area contributed by atoms with Crippen molar-refractivity contribution in [3.63, 3.8) is 0 Å². The molecule has 0 spiro atoms. The molecule has 0 saturated carbocycles. The highest BCUT2D eigenvalue weighted by Gasteiger charge is 2.10. The summed E-state index contributed by atoms with van der Waals surface area (Å²) in [6, 6.07) is 7.10. The van der Waals surface area contributed by atoms with Crippen LogP contribution in [0, 0.1) is 6.92 Å². The van der Waals surface area contributed by atoms with Crippen molar-refractivity contribution in [3.8, 4) is 5.75 Å². The number of aryl methyl sites for hydroxylation is 1. The molecule has 0 atom stereocenters. The summed E-state index contributed by atoms with van der Waals surface area (Å²) in [7, 11) is 1.58. The lowest BCUT2D eigenvalue weighted by molar-refractivity contribution is 0.102. The molecule has 0 saturated heterocycles. The molecule has 18 heavy (non-hydrogen) atoms. The van der Waals surface area contributed by atoms with Crippen LogP contribution < -0.4 is 4.74 Å². The maximum Gasteiger partial charge on any atom is 0.256 e. The van der Waals surface area contributed by atoms with Gasteiger partial charge >= 0.3 is 0 Å². The summed E-state index contributed by atoms with van der Waals surface area (Å²) in [6.45, 7) is 1.84. The molecule has 0 radical (unpaired) electrons. The normalized spacial score (nSPS) is 10.3. The van der Waals surface area contributed by atoms with Crippen LogP contribution in [0.25, 0.3) is 0 Å². The van der Waals surface area contributed by atoms with E-state index >= 15 is 0 Å². The van der Waals surface area contributed by atoms with Crippen LogP contribution >= 0.6 is 11.8 Å². The Bertz CT molecular complexity index is 551. The van der Waals surface area contributed by atoms with E-state index in [0.29, 0.717) is 22.3 Å². The average molecular weight is 263 g/mol. The van der Waals surface area contributed by atoms with Gasteiger partial charge in [-0.2, -0.15) is 0 Å². The highest BCUT2D eigenvalue weighted by molar-refractivity contribution is 7.99. The van der Waals surface area contributed by atoms with Gasteiger partial charge in [-0.3, -0.25) is 4.79 Å². The van der Waals surface area contributed by atoms with Crippen molar-refractivity contribution in [2.45, 2.75) is 12.1 Å². The molecule has 5 heteroatoms. The molecule has 1 heterocycles. The van der Waals surface area contributed by atoms with Gasteiger partial charge in [-0.25, -0.2) is 4.98 Å². The van der Waals surface area contributed by atoms with Gasteiger partial charge in [0.2, 0.25) is 0 Å². The summed E-state index contributed by atoms with van der Waals surface area (Å²) in [5, 5.41) is 0.517. The molecule has 94 valence electrons. The van der Waals surface area contributed by atoms with Gasteiger partial charge in [0.25, 0.3) is 5.22 Å². The minimum absolute atomic E-state index is 0.0229. The van der Waals surface area contributed by atoms with Crippen LogP contribution in [0.3, 0.4) is 0 Å². The lowest BCUT2D eigenvalue weighted by atomic mass is 10.1. The minimum atomic E-state index is 0.0229. The van der Waals surface area contributed by atoms with Crippen molar-refractivity contribution in [3.05, 3.63) is 41.8 Å². The molecule has 1 aromatic carbocycles. The summed E-state index contributed by atoms with van der Waals surface area (Å²) in [4.78, 5) is 16.1. The predicted molar refractivity (Wildman–Crippen MR) is 69.3 cm³/mol. The van der Waals surface area contributed by atoms with E-state index in [1.165, 1.54) is 11.8 Å². The summed E-state index contributed by atoms with van der Waals surface area (Å²) in [5.74, 6) is 1.00. The molecule has 0 bridgehead atoms.